The number of nitrogens with zero attached hydrogens (tertiary/aromatic N) is 2. The lowest BCUT2D eigenvalue weighted by molar-refractivity contribution is 0.0683. The molecule has 86 valence electrons. The molecule has 3 unspecified atom stereocenters. The molecule has 5 nitrogen and oxygen atoms in total. The van der Waals surface area contributed by atoms with Crippen LogP contribution in [0.3, 0.4) is 0 Å². The highest BCUT2D eigenvalue weighted by atomic mass is 16.5. The summed E-state index contributed by atoms with van der Waals surface area (Å²) in [6.45, 7) is 8.35. The average molecular weight is 213 g/mol. The van der Waals surface area contributed by atoms with Crippen LogP contribution in [0.4, 0.5) is 0 Å². The summed E-state index contributed by atoms with van der Waals surface area (Å²) in [5, 5.41) is 3.87. The van der Waals surface area contributed by atoms with Crippen molar-refractivity contribution in [2.45, 2.75) is 45.8 Å². The third kappa shape index (κ3) is 3.00. The molecule has 1 heterocycles. The van der Waals surface area contributed by atoms with E-state index in [1.807, 2.05) is 27.7 Å². The van der Waals surface area contributed by atoms with Crippen LogP contribution in [0.15, 0.2) is 4.52 Å². The molecule has 0 saturated carbocycles. The Bertz CT molecular complexity index is 299. The molecule has 0 aliphatic carbocycles. The van der Waals surface area contributed by atoms with E-state index in [0.717, 1.165) is 0 Å². The number of ether oxygens (including phenoxy) is 1. The maximum atomic E-state index is 5.75. The van der Waals surface area contributed by atoms with Crippen molar-refractivity contribution in [3.05, 3.63) is 11.7 Å². The maximum absolute atomic E-state index is 5.75. The first-order chi connectivity index (χ1) is 7.06. The van der Waals surface area contributed by atoms with Gasteiger partial charge in [0.05, 0.1) is 5.92 Å². The van der Waals surface area contributed by atoms with E-state index in [0.29, 0.717) is 18.3 Å². The van der Waals surface area contributed by atoms with E-state index in [4.69, 9.17) is 15.0 Å². The molecule has 0 spiro atoms. The molecule has 0 saturated heterocycles. The second-order valence-corrected chi connectivity index (χ2v) is 3.74. The minimum atomic E-state index is -0.132. The smallest absolute Gasteiger partial charge is 0.231 e. The van der Waals surface area contributed by atoms with E-state index in [2.05, 4.69) is 10.1 Å². The molecule has 2 N–H and O–H groups in total. The Morgan fingerprint density at radius 3 is 2.60 bits per heavy atom. The second-order valence-electron chi connectivity index (χ2n) is 3.74. The van der Waals surface area contributed by atoms with Gasteiger partial charge < -0.3 is 15.0 Å². The topological polar surface area (TPSA) is 74.2 Å². The fraction of sp³-hybridized carbons (Fsp3) is 0.800. The van der Waals surface area contributed by atoms with Crippen molar-refractivity contribution in [3.8, 4) is 0 Å². The minimum Gasteiger partial charge on any atom is -0.371 e. The summed E-state index contributed by atoms with van der Waals surface area (Å²) in [4.78, 5) is 4.27. The molecule has 0 amide bonds. The Morgan fingerprint density at radius 2 is 2.07 bits per heavy atom. The molecule has 0 aromatic carbocycles. The van der Waals surface area contributed by atoms with Crippen LogP contribution in [0.2, 0.25) is 0 Å². The molecule has 0 aliphatic rings. The molecular formula is C10H19N3O2. The van der Waals surface area contributed by atoms with Gasteiger partial charge in [-0.25, -0.2) is 0 Å². The van der Waals surface area contributed by atoms with Crippen molar-refractivity contribution in [2.24, 2.45) is 5.73 Å². The van der Waals surface area contributed by atoms with Crippen LogP contribution in [-0.4, -0.2) is 22.8 Å². The molecular weight excluding hydrogens is 194 g/mol. The third-order valence-electron chi connectivity index (χ3n) is 2.42. The Balaban J connectivity index is 2.71. The maximum Gasteiger partial charge on any atom is 0.231 e. The molecule has 0 bridgehead atoms. The van der Waals surface area contributed by atoms with E-state index < -0.39 is 0 Å². The first-order valence-corrected chi connectivity index (χ1v) is 5.27. The molecule has 1 rings (SSSR count). The van der Waals surface area contributed by atoms with Gasteiger partial charge in [-0.05, 0) is 20.8 Å². The van der Waals surface area contributed by atoms with Gasteiger partial charge in [-0.1, -0.05) is 12.1 Å². The molecule has 3 atom stereocenters. The van der Waals surface area contributed by atoms with Crippen LogP contribution in [0.25, 0.3) is 0 Å². The Labute approximate surface area is 90.0 Å². The molecule has 5 heteroatoms. The summed E-state index contributed by atoms with van der Waals surface area (Å²) >= 11 is 0. The van der Waals surface area contributed by atoms with Crippen LogP contribution in [-0.2, 0) is 4.74 Å². The van der Waals surface area contributed by atoms with Gasteiger partial charge >= 0.3 is 0 Å². The van der Waals surface area contributed by atoms with Crippen molar-refractivity contribution in [3.63, 3.8) is 0 Å². The predicted molar refractivity (Wildman–Crippen MR) is 56.4 cm³/mol. The van der Waals surface area contributed by atoms with Gasteiger partial charge in [-0.3, -0.25) is 0 Å². The fourth-order valence-electron chi connectivity index (χ4n) is 1.15. The van der Waals surface area contributed by atoms with E-state index in [1.54, 1.807) is 0 Å². The summed E-state index contributed by atoms with van der Waals surface area (Å²) in [5.74, 6) is 1.23. The van der Waals surface area contributed by atoms with Gasteiger partial charge in [-0.2, -0.15) is 4.98 Å². The Morgan fingerprint density at radius 1 is 1.40 bits per heavy atom. The Kier molecular flexibility index (Phi) is 4.23. The second kappa shape index (κ2) is 5.23. The van der Waals surface area contributed by atoms with Crippen LogP contribution < -0.4 is 5.73 Å². The van der Waals surface area contributed by atoms with Gasteiger partial charge in [-0.15, -0.1) is 0 Å². The zero-order valence-corrected chi connectivity index (χ0v) is 9.73. The van der Waals surface area contributed by atoms with Crippen LogP contribution in [0.1, 0.15) is 51.4 Å². The number of nitrogens with two attached hydrogens (primary N) is 1. The third-order valence-corrected chi connectivity index (χ3v) is 2.42. The number of hydrogen-bond acceptors (Lipinski definition) is 5. The van der Waals surface area contributed by atoms with Crippen molar-refractivity contribution in [2.75, 3.05) is 6.61 Å². The standard InChI is InChI=1S/C10H19N3O2/c1-5-14-8(4)9-12-10(15-13-9)6(2)7(3)11/h6-8H,5,11H2,1-4H3. The number of rotatable bonds is 5. The van der Waals surface area contributed by atoms with E-state index in [9.17, 15) is 0 Å². The highest BCUT2D eigenvalue weighted by Gasteiger charge is 2.20. The van der Waals surface area contributed by atoms with Crippen molar-refractivity contribution >= 4 is 0 Å². The number of hydrogen-bond donors (Lipinski definition) is 1. The zero-order chi connectivity index (χ0) is 11.4. The summed E-state index contributed by atoms with van der Waals surface area (Å²) in [7, 11) is 0. The lowest BCUT2D eigenvalue weighted by Crippen LogP contribution is -2.22. The molecule has 1 aromatic heterocycles. The summed E-state index contributed by atoms with van der Waals surface area (Å²) < 4.78 is 10.5. The summed E-state index contributed by atoms with van der Waals surface area (Å²) in [6.07, 6.45) is -0.132. The first kappa shape index (κ1) is 12.1. The molecule has 0 aliphatic heterocycles. The fourth-order valence-corrected chi connectivity index (χ4v) is 1.15. The van der Waals surface area contributed by atoms with Crippen molar-refractivity contribution in [1.29, 1.82) is 0 Å². The predicted octanol–water partition coefficient (Wildman–Crippen LogP) is 1.62. The molecule has 1 aromatic rings. The zero-order valence-electron chi connectivity index (χ0n) is 9.73. The first-order valence-electron chi connectivity index (χ1n) is 5.27. The minimum absolute atomic E-state index is 0.000648. The SMILES string of the molecule is CCOC(C)c1noc(C(C)C(C)N)n1. The quantitative estimate of drug-likeness (QED) is 0.804. The number of aromatic nitrogens is 2. The van der Waals surface area contributed by atoms with Gasteiger partial charge in [0.2, 0.25) is 5.89 Å². The van der Waals surface area contributed by atoms with E-state index in [1.165, 1.54) is 0 Å². The van der Waals surface area contributed by atoms with Gasteiger partial charge in [0, 0.05) is 12.6 Å². The largest absolute Gasteiger partial charge is 0.371 e. The van der Waals surface area contributed by atoms with Crippen molar-refractivity contribution in [1.82, 2.24) is 10.1 Å². The Hall–Kier alpha value is -0.940. The van der Waals surface area contributed by atoms with Crippen molar-refractivity contribution < 1.29 is 9.26 Å². The van der Waals surface area contributed by atoms with Gasteiger partial charge in [0.1, 0.15) is 6.10 Å². The van der Waals surface area contributed by atoms with Crippen LogP contribution >= 0.6 is 0 Å². The van der Waals surface area contributed by atoms with Gasteiger partial charge in [0.25, 0.3) is 0 Å². The summed E-state index contributed by atoms with van der Waals surface area (Å²) in [5.41, 5.74) is 5.75. The van der Waals surface area contributed by atoms with E-state index >= 15 is 0 Å². The van der Waals surface area contributed by atoms with Crippen LogP contribution in [0, 0.1) is 0 Å². The molecule has 0 fully saturated rings. The van der Waals surface area contributed by atoms with E-state index in [-0.39, 0.29) is 18.1 Å². The normalized spacial score (nSPS) is 17.4. The average Bonchev–Trinajstić information content (AvgIpc) is 2.65. The highest BCUT2D eigenvalue weighted by Crippen LogP contribution is 2.19. The molecule has 15 heavy (non-hydrogen) atoms. The molecule has 0 radical (unpaired) electrons. The lowest BCUT2D eigenvalue weighted by atomic mass is 10.1. The van der Waals surface area contributed by atoms with Gasteiger partial charge in [0.15, 0.2) is 5.82 Å². The summed E-state index contributed by atoms with van der Waals surface area (Å²) in [6, 6.07) is 0.000648. The lowest BCUT2D eigenvalue weighted by Gasteiger charge is -2.09. The highest BCUT2D eigenvalue weighted by molar-refractivity contribution is 4.97. The monoisotopic (exact) mass is 213 g/mol. The van der Waals surface area contributed by atoms with Crippen LogP contribution in [0.5, 0.6) is 0 Å².